The van der Waals surface area contributed by atoms with E-state index in [0.717, 1.165) is 101 Å². The minimum absolute atomic E-state index is 0.0708. The summed E-state index contributed by atoms with van der Waals surface area (Å²) in [6, 6.07) is 32.8. The first-order valence-electron chi connectivity index (χ1n) is 17.3. The van der Waals surface area contributed by atoms with Gasteiger partial charge in [-0.25, -0.2) is 19.6 Å². The zero-order valence-corrected chi connectivity index (χ0v) is 28.4. The number of aryl methyl sites for hydroxylation is 2. The van der Waals surface area contributed by atoms with Crippen LogP contribution in [0.15, 0.2) is 108 Å². The summed E-state index contributed by atoms with van der Waals surface area (Å²) in [4.78, 5) is 34.6. The largest absolute Gasteiger partial charge is 0.489 e. The summed E-state index contributed by atoms with van der Waals surface area (Å²) in [6.45, 7) is 3.94. The first kappa shape index (κ1) is 33.7. The van der Waals surface area contributed by atoms with Crippen LogP contribution in [0.3, 0.4) is 0 Å². The van der Waals surface area contributed by atoms with Crippen LogP contribution >= 0.6 is 0 Å². The average Bonchev–Trinajstić information content (AvgIpc) is 3.57. The van der Waals surface area contributed by atoms with Crippen LogP contribution in [0.5, 0.6) is 5.75 Å². The van der Waals surface area contributed by atoms with E-state index in [1.807, 2.05) is 85.8 Å². The van der Waals surface area contributed by atoms with Crippen molar-refractivity contribution >= 4 is 23.0 Å². The fourth-order valence-corrected chi connectivity index (χ4v) is 6.82. The zero-order valence-electron chi connectivity index (χ0n) is 28.4. The molecule has 0 aliphatic heterocycles. The lowest BCUT2D eigenvalue weighted by atomic mass is 9.89. The highest BCUT2D eigenvalue weighted by atomic mass is 16.5. The van der Waals surface area contributed by atoms with Gasteiger partial charge in [-0.1, -0.05) is 54.6 Å². The Morgan fingerprint density at radius 2 is 1.61 bits per heavy atom. The molecule has 1 atom stereocenters. The smallest absolute Gasteiger partial charge is 0.354 e. The van der Waals surface area contributed by atoms with Gasteiger partial charge in [0, 0.05) is 30.4 Å². The topological polar surface area (TPSA) is 126 Å². The Bertz CT molecular complexity index is 2170. The Kier molecular flexibility index (Phi) is 9.90. The van der Waals surface area contributed by atoms with Crippen molar-refractivity contribution < 1.29 is 29.0 Å². The standard InChI is InChI=1S/C42H39N3O6/c1-27-9-20-39-36(25-27)44-40(51-39)31-14-12-29(13-15-31)26-50-38-8-3-2-5-30(38)22-24-45(23-21-28-10-16-32(17-11-28)41(46)47)37-7-4-6-34-33(37)18-19-35(43-34)42(48)49/h2-3,5,8-20,25,37H,4,6-7,21-24,26H2,1H3,(H,46,47)(H,48,49). The number of carbonyl (C=O) groups is 2. The van der Waals surface area contributed by atoms with Crippen molar-refractivity contribution in [3.05, 3.63) is 148 Å². The summed E-state index contributed by atoms with van der Waals surface area (Å²) < 4.78 is 12.4. The van der Waals surface area contributed by atoms with Gasteiger partial charge < -0.3 is 19.4 Å². The van der Waals surface area contributed by atoms with Gasteiger partial charge in [-0.2, -0.15) is 0 Å². The molecule has 0 spiro atoms. The molecule has 0 saturated carbocycles. The third kappa shape index (κ3) is 7.84. The van der Waals surface area contributed by atoms with Gasteiger partial charge in [0.1, 0.15) is 23.6 Å². The lowest BCUT2D eigenvalue weighted by Crippen LogP contribution is -2.35. The monoisotopic (exact) mass is 681 g/mol. The number of hydrogen-bond acceptors (Lipinski definition) is 7. The highest BCUT2D eigenvalue weighted by Crippen LogP contribution is 2.35. The number of nitrogens with zero attached hydrogens (tertiary/aromatic N) is 3. The van der Waals surface area contributed by atoms with Gasteiger partial charge in [0.2, 0.25) is 5.89 Å². The number of para-hydroxylation sites is 1. The van der Waals surface area contributed by atoms with Gasteiger partial charge >= 0.3 is 11.9 Å². The Hall–Kier alpha value is -5.80. The Balaban J connectivity index is 1.06. The number of hydrogen-bond donors (Lipinski definition) is 2. The van der Waals surface area contributed by atoms with Crippen LogP contribution in [0.4, 0.5) is 0 Å². The molecule has 0 fully saturated rings. The second kappa shape index (κ2) is 15.0. The zero-order chi connectivity index (χ0) is 35.3. The van der Waals surface area contributed by atoms with E-state index in [0.29, 0.717) is 12.5 Å². The highest BCUT2D eigenvalue weighted by Gasteiger charge is 2.28. The fourth-order valence-electron chi connectivity index (χ4n) is 6.82. The van der Waals surface area contributed by atoms with E-state index < -0.39 is 11.9 Å². The maximum Gasteiger partial charge on any atom is 0.354 e. The van der Waals surface area contributed by atoms with E-state index in [1.165, 1.54) is 0 Å². The van der Waals surface area contributed by atoms with Crippen LogP contribution in [0.1, 0.15) is 73.2 Å². The Morgan fingerprint density at radius 3 is 2.39 bits per heavy atom. The van der Waals surface area contributed by atoms with Gasteiger partial charge in [-0.3, -0.25) is 4.90 Å². The number of ether oxygens (including phenoxy) is 1. The number of aromatic carboxylic acids is 2. The molecular formula is C42H39N3O6. The molecule has 0 amide bonds. The van der Waals surface area contributed by atoms with Crippen molar-refractivity contribution in [3.8, 4) is 17.2 Å². The molecule has 0 bridgehead atoms. The molecular weight excluding hydrogens is 642 g/mol. The van der Waals surface area contributed by atoms with Gasteiger partial charge in [-0.05, 0) is 115 Å². The molecule has 2 heterocycles. The Labute approximate surface area is 296 Å². The third-order valence-corrected chi connectivity index (χ3v) is 9.59. The molecule has 51 heavy (non-hydrogen) atoms. The quantitative estimate of drug-likeness (QED) is 0.124. The molecule has 1 aliphatic carbocycles. The molecule has 2 N–H and O–H groups in total. The predicted molar refractivity (Wildman–Crippen MR) is 194 cm³/mol. The number of fused-ring (bicyclic) bond motifs is 2. The van der Waals surface area contributed by atoms with E-state index >= 15 is 0 Å². The molecule has 2 aromatic heterocycles. The van der Waals surface area contributed by atoms with Crippen LogP contribution in [0, 0.1) is 6.92 Å². The first-order chi connectivity index (χ1) is 24.8. The maximum absolute atomic E-state index is 11.6. The lowest BCUT2D eigenvalue weighted by Gasteiger charge is -2.36. The number of carboxylic acids is 2. The Morgan fingerprint density at radius 1 is 0.843 bits per heavy atom. The number of carboxylic acid groups (broad SMARTS) is 2. The van der Waals surface area contributed by atoms with E-state index in [2.05, 4.69) is 20.9 Å². The summed E-state index contributed by atoms with van der Waals surface area (Å²) >= 11 is 0. The average molecular weight is 682 g/mol. The van der Waals surface area contributed by atoms with Crippen LogP contribution in [0.25, 0.3) is 22.6 Å². The summed E-state index contributed by atoms with van der Waals surface area (Å²) in [5.41, 5.74) is 9.11. The normalized spacial score (nSPS) is 14.0. The minimum Gasteiger partial charge on any atom is -0.489 e. The summed E-state index contributed by atoms with van der Waals surface area (Å²) in [6.07, 6.45) is 4.10. The number of rotatable bonds is 13. The minimum atomic E-state index is -1.02. The van der Waals surface area contributed by atoms with Gasteiger partial charge in [0.05, 0.1) is 5.56 Å². The van der Waals surface area contributed by atoms with E-state index in [4.69, 9.17) is 9.15 Å². The van der Waals surface area contributed by atoms with Gasteiger partial charge in [0.25, 0.3) is 0 Å². The number of benzene rings is 4. The van der Waals surface area contributed by atoms with Gasteiger partial charge in [-0.15, -0.1) is 0 Å². The van der Waals surface area contributed by atoms with E-state index in [1.54, 1.807) is 18.2 Å². The SMILES string of the molecule is Cc1ccc2oc(-c3ccc(COc4ccccc4CCN(CCc4ccc(C(=O)O)cc4)C4CCCc5nc(C(=O)O)ccc54)cc3)nc2c1. The number of aromatic nitrogens is 2. The van der Waals surface area contributed by atoms with Gasteiger partial charge in [0.15, 0.2) is 5.58 Å². The van der Waals surface area contributed by atoms with Crippen LogP contribution in [-0.4, -0.2) is 50.1 Å². The van der Waals surface area contributed by atoms with Crippen molar-refractivity contribution in [1.29, 1.82) is 0 Å². The molecule has 9 heteroatoms. The molecule has 4 aromatic carbocycles. The molecule has 0 radical (unpaired) electrons. The molecule has 1 aliphatic rings. The second-order valence-electron chi connectivity index (χ2n) is 13.1. The first-order valence-corrected chi connectivity index (χ1v) is 17.3. The van der Waals surface area contributed by atoms with Crippen molar-refractivity contribution in [1.82, 2.24) is 14.9 Å². The second-order valence-corrected chi connectivity index (χ2v) is 13.1. The van der Waals surface area contributed by atoms with Crippen LogP contribution < -0.4 is 4.74 Å². The van der Waals surface area contributed by atoms with Crippen LogP contribution in [0.2, 0.25) is 0 Å². The molecule has 7 rings (SSSR count). The molecule has 6 aromatic rings. The summed E-state index contributed by atoms with van der Waals surface area (Å²) in [7, 11) is 0. The van der Waals surface area contributed by atoms with Crippen molar-refractivity contribution in [3.63, 3.8) is 0 Å². The molecule has 0 saturated heterocycles. The molecule has 9 nitrogen and oxygen atoms in total. The maximum atomic E-state index is 11.6. The summed E-state index contributed by atoms with van der Waals surface area (Å²) in [5, 5.41) is 18.9. The molecule has 1 unspecified atom stereocenters. The fraction of sp³-hybridized carbons (Fsp3) is 0.238. The lowest BCUT2D eigenvalue weighted by molar-refractivity contribution is 0.0682. The highest BCUT2D eigenvalue weighted by molar-refractivity contribution is 5.87. The van der Waals surface area contributed by atoms with Crippen LogP contribution in [-0.2, 0) is 25.9 Å². The third-order valence-electron chi connectivity index (χ3n) is 9.59. The molecule has 258 valence electrons. The van der Waals surface area contributed by atoms with E-state index in [-0.39, 0.29) is 17.3 Å². The van der Waals surface area contributed by atoms with Crippen molar-refractivity contribution in [2.75, 3.05) is 13.1 Å². The van der Waals surface area contributed by atoms with Crippen molar-refractivity contribution in [2.24, 2.45) is 0 Å². The van der Waals surface area contributed by atoms with E-state index in [9.17, 15) is 19.8 Å². The number of oxazole rings is 1. The predicted octanol–water partition coefficient (Wildman–Crippen LogP) is 8.34. The summed E-state index contributed by atoms with van der Waals surface area (Å²) in [5.74, 6) is -0.540. The number of pyridine rings is 1. The van der Waals surface area contributed by atoms with Crippen molar-refractivity contribution in [2.45, 2.75) is 51.7 Å².